The molecule has 0 aliphatic rings. The van der Waals surface area contributed by atoms with Crippen molar-refractivity contribution in [3.05, 3.63) is 52.8 Å². The highest BCUT2D eigenvalue weighted by atomic mass is 15.4. The van der Waals surface area contributed by atoms with E-state index in [0.29, 0.717) is 5.95 Å². The number of anilines is 1. The van der Waals surface area contributed by atoms with Crippen LogP contribution in [0.4, 0.5) is 5.95 Å². The van der Waals surface area contributed by atoms with Gasteiger partial charge in [-0.15, -0.1) is 0 Å². The van der Waals surface area contributed by atoms with Crippen LogP contribution in [0.15, 0.2) is 35.4 Å². The molecule has 0 spiro atoms. The van der Waals surface area contributed by atoms with Crippen LogP contribution in [0.25, 0.3) is 0 Å². The molecule has 2 aromatic rings. The summed E-state index contributed by atoms with van der Waals surface area (Å²) in [5, 5.41) is 4.38. The summed E-state index contributed by atoms with van der Waals surface area (Å²) >= 11 is 0. The van der Waals surface area contributed by atoms with E-state index in [2.05, 4.69) is 58.6 Å². The van der Waals surface area contributed by atoms with Gasteiger partial charge in [0.25, 0.3) is 0 Å². The van der Waals surface area contributed by atoms with Crippen molar-refractivity contribution in [1.82, 2.24) is 9.97 Å². The number of nitrogens with one attached hydrogen (secondary N) is 1. The summed E-state index contributed by atoms with van der Waals surface area (Å²) in [6, 6.07) is 10.3. The van der Waals surface area contributed by atoms with Gasteiger partial charge in [-0.1, -0.05) is 43.2 Å². The van der Waals surface area contributed by atoms with Crippen LogP contribution in [0.3, 0.4) is 0 Å². The molecule has 2 rings (SSSR count). The van der Waals surface area contributed by atoms with Gasteiger partial charge in [0.05, 0.1) is 5.71 Å². The molecule has 1 N–H and O–H groups in total. The summed E-state index contributed by atoms with van der Waals surface area (Å²) in [4.78, 5) is 8.84. The predicted molar refractivity (Wildman–Crippen MR) is 87.8 cm³/mol. The maximum atomic E-state index is 4.47. The van der Waals surface area contributed by atoms with Gasteiger partial charge in [0, 0.05) is 11.4 Å². The zero-order chi connectivity index (χ0) is 15.2. The first-order valence-corrected chi connectivity index (χ1v) is 7.30. The fourth-order valence-electron chi connectivity index (χ4n) is 2.06. The molecule has 0 amide bonds. The van der Waals surface area contributed by atoms with Crippen molar-refractivity contribution in [3.63, 3.8) is 0 Å². The Morgan fingerprint density at radius 3 is 2.52 bits per heavy atom. The van der Waals surface area contributed by atoms with Crippen LogP contribution in [0.1, 0.15) is 42.8 Å². The van der Waals surface area contributed by atoms with Gasteiger partial charge in [0.1, 0.15) is 0 Å². The lowest BCUT2D eigenvalue weighted by atomic mass is 10.1. The monoisotopic (exact) mass is 282 g/mol. The van der Waals surface area contributed by atoms with E-state index in [-0.39, 0.29) is 0 Å². The number of aryl methyl sites for hydroxylation is 3. The van der Waals surface area contributed by atoms with Crippen molar-refractivity contribution in [2.24, 2.45) is 5.10 Å². The van der Waals surface area contributed by atoms with E-state index in [1.165, 1.54) is 5.56 Å². The number of hydrazone groups is 1. The van der Waals surface area contributed by atoms with E-state index in [9.17, 15) is 0 Å². The highest BCUT2D eigenvalue weighted by molar-refractivity contribution is 5.99. The van der Waals surface area contributed by atoms with E-state index in [0.717, 1.165) is 35.5 Å². The summed E-state index contributed by atoms with van der Waals surface area (Å²) in [5.74, 6) is 0.560. The summed E-state index contributed by atoms with van der Waals surface area (Å²) < 4.78 is 0. The third-order valence-corrected chi connectivity index (χ3v) is 3.21. The largest absolute Gasteiger partial charge is 0.245 e. The summed E-state index contributed by atoms with van der Waals surface area (Å²) in [6.07, 6.45) is 2.03. The molecule has 21 heavy (non-hydrogen) atoms. The van der Waals surface area contributed by atoms with Gasteiger partial charge in [0.15, 0.2) is 0 Å². The van der Waals surface area contributed by atoms with Crippen molar-refractivity contribution in [2.75, 3.05) is 5.43 Å². The molecular weight excluding hydrogens is 260 g/mol. The zero-order valence-corrected chi connectivity index (χ0v) is 13.1. The normalized spacial score (nSPS) is 11.5. The molecule has 0 fully saturated rings. The molecule has 0 radical (unpaired) electrons. The Morgan fingerprint density at radius 2 is 1.86 bits per heavy atom. The smallest absolute Gasteiger partial charge is 0.243 e. The molecule has 0 atom stereocenters. The second-order valence-electron chi connectivity index (χ2n) is 5.25. The van der Waals surface area contributed by atoms with E-state index < -0.39 is 0 Å². The Balaban J connectivity index is 2.14. The predicted octanol–water partition coefficient (Wildman–Crippen LogP) is 3.88. The molecule has 4 nitrogen and oxygen atoms in total. The Labute approximate surface area is 126 Å². The van der Waals surface area contributed by atoms with Crippen molar-refractivity contribution in [2.45, 2.75) is 40.5 Å². The highest BCUT2D eigenvalue weighted by Gasteiger charge is 2.02. The SMILES string of the molecule is CCCc1cc(C)nc(NN=C(C)c2ccc(C)cc2)n1. The number of hydrogen-bond acceptors (Lipinski definition) is 4. The molecule has 1 heterocycles. The molecule has 1 aromatic carbocycles. The lowest BCUT2D eigenvalue weighted by Crippen LogP contribution is -2.04. The number of rotatable bonds is 5. The van der Waals surface area contributed by atoms with Crippen molar-refractivity contribution in [3.8, 4) is 0 Å². The first-order chi connectivity index (χ1) is 10.1. The van der Waals surface area contributed by atoms with Gasteiger partial charge >= 0.3 is 0 Å². The molecular formula is C17H22N4. The molecule has 0 unspecified atom stereocenters. The van der Waals surface area contributed by atoms with Crippen LogP contribution in [0.2, 0.25) is 0 Å². The van der Waals surface area contributed by atoms with Gasteiger partial charge < -0.3 is 0 Å². The average Bonchev–Trinajstić information content (AvgIpc) is 2.45. The first kappa shape index (κ1) is 15.2. The van der Waals surface area contributed by atoms with Gasteiger partial charge in [-0.2, -0.15) is 5.10 Å². The maximum Gasteiger partial charge on any atom is 0.243 e. The van der Waals surface area contributed by atoms with Crippen LogP contribution >= 0.6 is 0 Å². The molecule has 0 aliphatic carbocycles. The van der Waals surface area contributed by atoms with E-state index >= 15 is 0 Å². The topological polar surface area (TPSA) is 50.2 Å². The summed E-state index contributed by atoms with van der Waals surface area (Å²) in [7, 11) is 0. The first-order valence-electron chi connectivity index (χ1n) is 7.30. The quantitative estimate of drug-likeness (QED) is 0.668. The average molecular weight is 282 g/mol. The van der Waals surface area contributed by atoms with Gasteiger partial charge in [0.2, 0.25) is 5.95 Å². The fourth-order valence-corrected chi connectivity index (χ4v) is 2.06. The minimum Gasteiger partial charge on any atom is -0.245 e. The maximum absolute atomic E-state index is 4.47. The van der Waals surface area contributed by atoms with Crippen molar-refractivity contribution < 1.29 is 0 Å². The molecule has 0 bridgehead atoms. The third-order valence-electron chi connectivity index (χ3n) is 3.21. The molecule has 1 aromatic heterocycles. The number of hydrogen-bond donors (Lipinski definition) is 1. The van der Waals surface area contributed by atoms with Gasteiger partial charge in [-0.25, -0.2) is 15.4 Å². The van der Waals surface area contributed by atoms with Crippen LogP contribution in [-0.2, 0) is 6.42 Å². The molecule has 0 saturated heterocycles. The molecule has 0 saturated carbocycles. The number of benzene rings is 1. The third kappa shape index (κ3) is 4.38. The minimum absolute atomic E-state index is 0.560. The second-order valence-corrected chi connectivity index (χ2v) is 5.25. The van der Waals surface area contributed by atoms with E-state index in [1.807, 2.05) is 19.9 Å². The Kier molecular flexibility index (Phi) is 5.04. The van der Waals surface area contributed by atoms with E-state index in [1.54, 1.807) is 0 Å². The van der Waals surface area contributed by atoms with Crippen LogP contribution < -0.4 is 5.43 Å². The Hall–Kier alpha value is -2.23. The molecule has 110 valence electrons. The standard InChI is InChI=1S/C17H22N4/c1-5-6-16-11-13(3)18-17(19-16)21-20-14(4)15-9-7-12(2)8-10-15/h7-11H,5-6H2,1-4H3,(H,18,19,21). The highest BCUT2D eigenvalue weighted by Crippen LogP contribution is 2.08. The van der Waals surface area contributed by atoms with Crippen molar-refractivity contribution in [1.29, 1.82) is 0 Å². The lowest BCUT2D eigenvalue weighted by Gasteiger charge is -2.06. The lowest BCUT2D eigenvalue weighted by molar-refractivity contribution is 0.866. The van der Waals surface area contributed by atoms with Crippen LogP contribution in [0.5, 0.6) is 0 Å². The van der Waals surface area contributed by atoms with Crippen LogP contribution in [-0.4, -0.2) is 15.7 Å². The fraction of sp³-hybridized carbons (Fsp3) is 0.353. The van der Waals surface area contributed by atoms with Gasteiger partial charge in [-0.05, 0) is 38.8 Å². The number of aromatic nitrogens is 2. The molecule has 4 heteroatoms. The number of nitrogens with zero attached hydrogens (tertiary/aromatic N) is 3. The Morgan fingerprint density at radius 1 is 1.14 bits per heavy atom. The Bertz CT molecular complexity index is 630. The molecule has 0 aliphatic heterocycles. The minimum atomic E-state index is 0.560. The second kappa shape index (κ2) is 6.97. The van der Waals surface area contributed by atoms with Crippen molar-refractivity contribution >= 4 is 11.7 Å². The zero-order valence-electron chi connectivity index (χ0n) is 13.1. The van der Waals surface area contributed by atoms with E-state index in [4.69, 9.17) is 0 Å². The summed E-state index contributed by atoms with van der Waals surface area (Å²) in [5.41, 5.74) is 8.22. The van der Waals surface area contributed by atoms with Crippen LogP contribution in [0, 0.1) is 13.8 Å². The van der Waals surface area contributed by atoms with Gasteiger partial charge in [-0.3, -0.25) is 0 Å². The summed E-state index contributed by atoms with van der Waals surface area (Å²) in [6.45, 7) is 8.16.